The normalized spacial score (nSPS) is 13.0. The standard InChI is InChI=1S/C11H14N2OS/c1-7-3-4-11(14-7)10(12)5-9-6-15-8(2)13-9/h3-4,6,10H,5,12H2,1-2H3. The summed E-state index contributed by atoms with van der Waals surface area (Å²) in [4.78, 5) is 4.38. The van der Waals surface area contributed by atoms with Crippen molar-refractivity contribution in [3.05, 3.63) is 39.7 Å². The Morgan fingerprint density at radius 1 is 1.47 bits per heavy atom. The molecule has 1 atom stereocenters. The van der Waals surface area contributed by atoms with Crippen LogP contribution in [0.15, 0.2) is 21.9 Å². The van der Waals surface area contributed by atoms with Crippen molar-refractivity contribution < 1.29 is 4.42 Å². The molecular weight excluding hydrogens is 208 g/mol. The van der Waals surface area contributed by atoms with Crippen molar-refractivity contribution in [3.63, 3.8) is 0 Å². The maximum absolute atomic E-state index is 6.02. The van der Waals surface area contributed by atoms with Crippen molar-refractivity contribution in [3.8, 4) is 0 Å². The van der Waals surface area contributed by atoms with Crippen LogP contribution in [0.1, 0.15) is 28.3 Å². The summed E-state index contributed by atoms with van der Waals surface area (Å²) in [6.45, 7) is 3.92. The van der Waals surface area contributed by atoms with E-state index >= 15 is 0 Å². The molecule has 0 aliphatic heterocycles. The monoisotopic (exact) mass is 222 g/mol. The maximum atomic E-state index is 6.02. The third-order valence-corrected chi connectivity index (χ3v) is 3.04. The molecule has 2 aromatic rings. The number of furan rings is 1. The summed E-state index contributed by atoms with van der Waals surface area (Å²) < 4.78 is 5.47. The molecule has 0 spiro atoms. The highest BCUT2D eigenvalue weighted by molar-refractivity contribution is 7.09. The second-order valence-electron chi connectivity index (χ2n) is 3.62. The smallest absolute Gasteiger partial charge is 0.121 e. The second kappa shape index (κ2) is 4.16. The molecule has 2 heterocycles. The van der Waals surface area contributed by atoms with Crippen LogP contribution in [0.4, 0.5) is 0 Å². The van der Waals surface area contributed by atoms with Gasteiger partial charge < -0.3 is 10.2 Å². The third-order valence-electron chi connectivity index (χ3n) is 2.22. The molecule has 15 heavy (non-hydrogen) atoms. The lowest BCUT2D eigenvalue weighted by atomic mass is 10.1. The van der Waals surface area contributed by atoms with Gasteiger partial charge in [-0.15, -0.1) is 11.3 Å². The van der Waals surface area contributed by atoms with E-state index < -0.39 is 0 Å². The zero-order chi connectivity index (χ0) is 10.8. The number of hydrogen-bond donors (Lipinski definition) is 1. The maximum Gasteiger partial charge on any atom is 0.121 e. The van der Waals surface area contributed by atoms with Gasteiger partial charge in [0.2, 0.25) is 0 Å². The fraction of sp³-hybridized carbons (Fsp3) is 0.364. The van der Waals surface area contributed by atoms with E-state index in [1.165, 1.54) is 0 Å². The van der Waals surface area contributed by atoms with Crippen molar-refractivity contribution in [2.75, 3.05) is 0 Å². The number of nitrogens with two attached hydrogens (primary N) is 1. The molecule has 1 unspecified atom stereocenters. The first-order valence-electron chi connectivity index (χ1n) is 4.88. The molecule has 0 aliphatic carbocycles. The van der Waals surface area contributed by atoms with Gasteiger partial charge in [0.15, 0.2) is 0 Å². The van der Waals surface area contributed by atoms with Gasteiger partial charge in [-0.25, -0.2) is 4.98 Å². The van der Waals surface area contributed by atoms with Crippen LogP contribution in [0, 0.1) is 13.8 Å². The summed E-state index contributed by atoms with van der Waals surface area (Å²) in [6.07, 6.45) is 0.733. The molecule has 2 aromatic heterocycles. The number of aromatic nitrogens is 1. The first-order chi connectivity index (χ1) is 7.15. The first-order valence-corrected chi connectivity index (χ1v) is 5.76. The van der Waals surface area contributed by atoms with E-state index in [-0.39, 0.29) is 6.04 Å². The van der Waals surface area contributed by atoms with Crippen LogP contribution in [-0.4, -0.2) is 4.98 Å². The summed E-state index contributed by atoms with van der Waals surface area (Å²) in [5, 5.41) is 3.12. The van der Waals surface area contributed by atoms with E-state index in [1.54, 1.807) is 11.3 Å². The number of aryl methyl sites for hydroxylation is 2. The molecule has 0 radical (unpaired) electrons. The van der Waals surface area contributed by atoms with Gasteiger partial charge in [0, 0.05) is 11.8 Å². The van der Waals surface area contributed by atoms with E-state index in [0.29, 0.717) is 0 Å². The van der Waals surface area contributed by atoms with E-state index in [0.717, 1.165) is 28.6 Å². The van der Waals surface area contributed by atoms with E-state index in [2.05, 4.69) is 4.98 Å². The average Bonchev–Trinajstić information content (AvgIpc) is 2.75. The highest BCUT2D eigenvalue weighted by Gasteiger charge is 2.12. The summed E-state index contributed by atoms with van der Waals surface area (Å²) in [6, 6.07) is 3.76. The zero-order valence-electron chi connectivity index (χ0n) is 8.86. The highest BCUT2D eigenvalue weighted by atomic mass is 32.1. The lowest BCUT2D eigenvalue weighted by Crippen LogP contribution is -2.12. The molecule has 0 saturated carbocycles. The second-order valence-corrected chi connectivity index (χ2v) is 4.68. The first kappa shape index (κ1) is 10.4. The van der Waals surface area contributed by atoms with Crippen molar-refractivity contribution >= 4 is 11.3 Å². The molecular formula is C11H14N2OS. The van der Waals surface area contributed by atoms with Crippen LogP contribution in [0.2, 0.25) is 0 Å². The molecule has 4 heteroatoms. The Bertz CT molecular complexity index is 447. The summed E-state index contributed by atoms with van der Waals surface area (Å²) in [5.41, 5.74) is 7.06. The zero-order valence-corrected chi connectivity index (χ0v) is 9.67. The Balaban J connectivity index is 2.06. The molecule has 0 aromatic carbocycles. The van der Waals surface area contributed by atoms with Gasteiger partial charge in [0.05, 0.1) is 16.7 Å². The summed E-state index contributed by atoms with van der Waals surface area (Å²) in [7, 11) is 0. The average molecular weight is 222 g/mol. The van der Waals surface area contributed by atoms with Crippen molar-refractivity contribution in [2.45, 2.75) is 26.3 Å². The molecule has 2 rings (SSSR count). The number of rotatable bonds is 3. The van der Waals surface area contributed by atoms with Crippen LogP contribution < -0.4 is 5.73 Å². The highest BCUT2D eigenvalue weighted by Crippen LogP contribution is 2.19. The largest absolute Gasteiger partial charge is 0.465 e. The fourth-order valence-electron chi connectivity index (χ4n) is 1.48. The number of hydrogen-bond acceptors (Lipinski definition) is 4. The van der Waals surface area contributed by atoms with Gasteiger partial charge in [0.1, 0.15) is 11.5 Å². The Morgan fingerprint density at radius 3 is 2.80 bits per heavy atom. The lowest BCUT2D eigenvalue weighted by molar-refractivity contribution is 0.443. The van der Waals surface area contributed by atoms with Gasteiger partial charge in [-0.1, -0.05) is 0 Å². The fourth-order valence-corrected chi connectivity index (χ4v) is 2.11. The minimum atomic E-state index is -0.0970. The molecule has 2 N–H and O–H groups in total. The molecule has 80 valence electrons. The summed E-state index contributed by atoms with van der Waals surface area (Å²) >= 11 is 1.65. The van der Waals surface area contributed by atoms with Gasteiger partial charge in [0.25, 0.3) is 0 Å². The minimum Gasteiger partial charge on any atom is -0.465 e. The van der Waals surface area contributed by atoms with E-state index in [9.17, 15) is 0 Å². The van der Waals surface area contributed by atoms with Gasteiger partial charge >= 0.3 is 0 Å². The van der Waals surface area contributed by atoms with Crippen LogP contribution in [-0.2, 0) is 6.42 Å². The van der Waals surface area contributed by atoms with Gasteiger partial charge in [-0.3, -0.25) is 0 Å². The van der Waals surface area contributed by atoms with Crippen molar-refractivity contribution in [1.29, 1.82) is 0 Å². The Morgan fingerprint density at radius 2 is 2.27 bits per heavy atom. The van der Waals surface area contributed by atoms with Crippen LogP contribution in [0.3, 0.4) is 0 Å². The lowest BCUT2D eigenvalue weighted by Gasteiger charge is -2.05. The topological polar surface area (TPSA) is 52.0 Å². The quantitative estimate of drug-likeness (QED) is 0.868. The predicted octanol–water partition coefficient (Wildman–Crippen LogP) is 2.60. The van der Waals surface area contributed by atoms with Gasteiger partial charge in [-0.2, -0.15) is 0 Å². The Kier molecular flexibility index (Phi) is 2.88. The van der Waals surface area contributed by atoms with E-state index in [4.69, 9.17) is 10.2 Å². The molecule has 0 fully saturated rings. The SMILES string of the molecule is Cc1ccc(C(N)Cc2csc(C)n2)o1. The molecule has 3 nitrogen and oxygen atoms in total. The Hall–Kier alpha value is -1.13. The Labute approximate surface area is 92.9 Å². The minimum absolute atomic E-state index is 0.0970. The van der Waals surface area contributed by atoms with Crippen LogP contribution in [0.25, 0.3) is 0 Å². The molecule has 0 bridgehead atoms. The van der Waals surface area contributed by atoms with Crippen LogP contribution in [0.5, 0.6) is 0 Å². The third kappa shape index (κ3) is 2.46. The van der Waals surface area contributed by atoms with Crippen molar-refractivity contribution in [2.24, 2.45) is 5.73 Å². The van der Waals surface area contributed by atoms with Crippen molar-refractivity contribution in [1.82, 2.24) is 4.98 Å². The van der Waals surface area contributed by atoms with E-state index in [1.807, 2.05) is 31.4 Å². The molecule has 0 amide bonds. The van der Waals surface area contributed by atoms with Crippen LogP contribution >= 0.6 is 11.3 Å². The summed E-state index contributed by atoms with van der Waals surface area (Å²) in [5.74, 6) is 1.73. The number of nitrogens with zero attached hydrogens (tertiary/aromatic N) is 1. The van der Waals surface area contributed by atoms with Gasteiger partial charge in [-0.05, 0) is 26.0 Å². The predicted molar refractivity (Wildman–Crippen MR) is 60.9 cm³/mol. The number of thiazole rings is 1. The molecule has 0 aliphatic rings. The molecule has 0 saturated heterocycles.